The van der Waals surface area contributed by atoms with Gasteiger partial charge in [0.1, 0.15) is 5.75 Å². The van der Waals surface area contributed by atoms with E-state index in [1.807, 2.05) is 61.7 Å². The van der Waals surface area contributed by atoms with Crippen LogP contribution in [0.5, 0.6) is 5.75 Å². The number of fused-ring (bicyclic) bond motifs is 1. The predicted octanol–water partition coefficient (Wildman–Crippen LogP) is 4.09. The molecule has 1 amide bonds. The number of para-hydroxylation sites is 1. The fourth-order valence-electron chi connectivity index (χ4n) is 4.08. The van der Waals surface area contributed by atoms with Crippen molar-refractivity contribution in [2.24, 2.45) is 0 Å². The Morgan fingerprint density at radius 2 is 1.90 bits per heavy atom. The number of rotatable bonds is 7. The normalized spacial score (nSPS) is 16.5. The van der Waals surface area contributed by atoms with E-state index in [9.17, 15) is 14.7 Å². The number of aromatic amines is 1. The number of hydrogen-bond acceptors (Lipinski definition) is 4. The number of nitrogens with one attached hydrogen (secondary N) is 1. The highest BCUT2D eigenvalue weighted by molar-refractivity contribution is 6.08. The van der Waals surface area contributed by atoms with Gasteiger partial charge in [-0.1, -0.05) is 30.3 Å². The van der Waals surface area contributed by atoms with Crippen molar-refractivity contribution in [2.75, 3.05) is 13.2 Å². The highest BCUT2D eigenvalue weighted by atomic mass is 16.5. The number of aliphatic hydroxyl groups excluding tert-OH is 1. The standard InChI is InChI=1S/C24H24N2O4/c1-3-30-18-10-8-16(9-11-18)22-21(15(2)27)23(28)24(29)26(22)13-12-17-14-25-20-7-5-4-6-19(17)20/h4-11,14,22,25,28H,3,12-13H2,1-2H3/t22-/m1/s1. The van der Waals surface area contributed by atoms with E-state index in [1.165, 1.54) is 6.92 Å². The number of benzene rings is 2. The first-order chi connectivity index (χ1) is 14.5. The Bertz CT molecular complexity index is 1130. The van der Waals surface area contributed by atoms with Crippen molar-refractivity contribution in [1.82, 2.24) is 9.88 Å². The molecule has 1 aliphatic rings. The molecule has 30 heavy (non-hydrogen) atoms. The Balaban J connectivity index is 1.64. The number of ether oxygens (including phenoxy) is 1. The zero-order valence-electron chi connectivity index (χ0n) is 17.0. The summed E-state index contributed by atoms with van der Waals surface area (Å²) in [7, 11) is 0. The lowest BCUT2D eigenvalue weighted by Gasteiger charge is -2.26. The number of nitrogens with zero attached hydrogens (tertiary/aromatic N) is 1. The van der Waals surface area contributed by atoms with Crippen LogP contribution in [0.3, 0.4) is 0 Å². The Labute approximate surface area is 174 Å². The molecule has 0 aliphatic carbocycles. The summed E-state index contributed by atoms with van der Waals surface area (Å²) in [4.78, 5) is 29.9. The second kappa shape index (κ2) is 8.06. The summed E-state index contributed by atoms with van der Waals surface area (Å²) in [6.45, 7) is 4.21. The molecule has 3 aromatic rings. The second-order valence-electron chi connectivity index (χ2n) is 7.33. The van der Waals surface area contributed by atoms with Crippen molar-refractivity contribution in [2.45, 2.75) is 26.3 Å². The smallest absolute Gasteiger partial charge is 0.290 e. The molecular weight excluding hydrogens is 380 g/mol. The van der Waals surface area contributed by atoms with E-state index in [0.717, 1.165) is 22.0 Å². The summed E-state index contributed by atoms with van der Waals surface area (Å²) in [5, 5.41) is 11.5. The number of hydrogen-bond donors (Lipinski definition) is 2. The van der Waals surface area contributed by atoms with Crippen LogP contribution in [-0.4, -0.2) is 39.8 Å². The average molecular weight is 404 g/mol. The highest BCUT2D eigenvalue weighted by Gasteiger charge is 2.42. The third-order valence-electron chi connectivity index (χ3n) is 5.49. The summed E-state index contributed by atoms with van der Waals surface area (Å²) in [6.07, 6.45) is 2.54. The molecule has 0 unspecified atom stereocenters. The Morgan fingerprint density at radius 3 is 2.60 bits per heavy atom. The lowest BCUT2D eigenvalue weighted by atomic mass is 9.96. The molecule has 0 saturated carbocycles. The van der Waals surface area contributed by atoms with Gasteiger partial charge in [0.05, 0.1) is 18.2 Å². The van der Waals surface area contributed by atoms with Crippen LogP contribution in [0.25, 0.3) is 10.9 Å². The van der Waals surface area contributed by atoms with Gasteiger partial charge >= 0.3 is 0 Å². The molecule has 1 aromatic heterocycles. The monoisotopic (exact) mass is 404 g/mol. The number of carbonyl (C=O) groups is 2. The van der Waals surface area contributed by atoms with Crippen LogP contribution in [0.15, 0.2) is 66.1 Å². The van der Waals surface area contributed by atoms with Crippen LogP contribution >= 0.6 is 0 Å². The van der Waals surface area contributed by atoms with Crippen LogP contribution < -0.4 is 4.74 Å². The largest absolute Gasteiger partial charge is 0.503 e. The van der Waals surface area contributed by atoms with E-state index >= 15 is 0 Å². The van der Waals surface area contributed by atoms with Crippen molar-refractivity contribution in [1.29, 1.82) is 0 Å². The lowest BCUT2D eigenvalue weighted by Crippen LogP contribution is -2.32. The maximum Gasteiger partial charge on any atom is 0.290 e. The average Bonchev–Trinajstić information content (AvgIpc) is 3.26. The first-order valence-corrected chi connectivity index (χ1v) is 10.0. The molecule has 0 bridgehead atoms. The molecule has 6 heteroatoms. The second-order valence-corrected chi connectivity index (χ2v) is 7.33. The fourth-order valence-corrected chi connectivity index (χ4v) is 4.08. The quantitative estimate of drug-likeness (QED) is 0.621. The number of H-pyrrole nitrogens is 1. The third-order valence-corrected chi connectivity index (χ3v) is 5.49. The van der Waals surface area contributed by atoms with E-state index in [2.05, 4.69) is 4.98 Å². The molecule has 4 rings (SSSR count). The maximum absolute atomic E-state index is 12.8. The molecule has 2 heterocycles. The molecule has 2 N–H and O–H groups in total. The first kappa shape index (κ1) is 19.8. The minimum Gasteiger partial charge on any atom is -0.503 e. The predicted molar refractivity (Wildman–Crippen MR) is 114 cm³/mol. The van der Waals surface area contributed by atoms with Gasteiger partial charge in [0.15, 0.2) is 11.5 Å². The van der Waals surface area contributed by atoms with Crippen molar-refractivity contribution in [3.8, 4) is 5.75 Å². The van der Waals surface area contributed by atoms with Gasteiger partial charge in [-0.3, -0.25) is 9.59 Å². The number of aliphatic hydroxyl groups is 1. The van der Waals surface area contributed by atoms with Gasteiger partial charge in [0.25, 0.3) is 5.91 Å². The third kappa shape index (κ3) is 3.45. The minimum absolute atomic E-state index is 0.142. The lowest BCUT2D eigenvalue weighted by molar-refractivity contribution is -0.129. The first-order valence-electron chi connectivity index (χ1n) is 10.0. The molecule has 2 aromatic carbocycles. The zero-order chi connectivity index (χ0) is 21.3. The van der Waals surface area contributed by atoms with E-state index in [1.54, 1.807) is 4.90 Å². The van der Waals surface area contributed by atoms with Crippen molar-refractivity contribution >= 4 is 22.6 Å². The molecule has 0 fully saturated rings. The van der Waals surface area contributed by atoms with Crippen molar-refractivity contribution in [3.63, 3.8) is 0 Å². The Kier molecular flexibility index (Phi) is 5.31. The molecule has 6 nitrogen and oxygen atoms in total. The van der Waals surface area contributed by atoms with Gasteiger partial charge in [-0.15, -0.1) is 0 Å². The number of Topliss-reactive ketones (excluding diaryl/α,β-unsaturated/α-hetero) is 1. The summed E-state index contributed by atoms with van der Waals surface area (Å²) in [5.74, 6) is -0.568. The van der Waals surface area contributed by atoms with Crippen LogP contribution in [0, 0.1) is 0 Å². The van der Waals surface area contributed by atoms with Gasteiger partial charge in [0.2, 0.25) is 0 Å². The topological polar surface area (TPSA) is 82.6 Å². The zero-order valence-corrected chi connectivity index (χ0v) is 17.0. The van der Waals surface area contributed by atoms with Crippen molar-refractivity contribution in [3.05, 3.63) is 77.2 Å². The number of amides is 1. The van der Waals surface area contributed by atoms with Gasteiger partial charge in [0, 0.05) is 23.6 Å². The van der Waals surface area contributed by atoms with Gasteiger partial charge in [-0.25, -0.2) is 0 Å². The molecule has 0 saturated heterocycles. The van der Waals surface area contributed by atoms with E-state index in [0.29, 0.717) is 25.3 Å². The maximum atomic E-state index is 12.8. The van der Waals surface area contributed by atoms with Crippen LogP contribution in [-0.2, 0) is 16.0 Å². The van der Waals surface area contributed by atoms with Gasteiger partial charge < -0.3 is 19.7 Å². The summed E-state index contributed by atoms with van der Waals surface area (Å²) in [6, 6.07) is 14.7. The molecule has 1 atom stereocenters. The molecule has 1 aliphatic heterocycles. The van der Waals surface area contributed by atoms with E-state index < -0.39 is 17.7 Å². The summed E-state index contributed by atoms with van der Waals surface area (Å²) in [5.41, 5.74) is 3.02. The van der Waals surface area contributed by atoms with E-state index in [4.69, 9.17) is 4.74 Å². The summed E-state index contributed by atoms with van der Waals surface area (Å²) < 4.78 is 5.49. The van der Waals surface area contributed by atoms with Crippen LogP contribution in [0.1, 0.15) is 31.0 Å². The van der Waals surface area contributed by atoms with Crippen molar-refractivity contribution < 1.29 is 19.4 Å². The SMILES string of the molecule is CCOc1ccc([C@@H]2C(C(C)=O)=C(O)C(=O)N2CCc2c[nH]c3ccccc23)cc1. The fraction of sp³-hybridized carbons (Fsp3) is 0.250. The summed E-state index contributed by atoms with van der Waals surface area (Å²) >= 11 is 0. The Morgan fingerprint density at radius 1 is 1.17 bits per heavy atom. The number of carbonyl (C=O) groups excluding carboxylic acids is 2. The molecular formula is C24H24N2O4. The molecule has 154 valence electrons. The van der Waals surface area contributed by atoms with Crippen LogP contribution in [0.4, 0.5) is 0 Å². The van der Waals surface area contributed by atoms with Crippen LogP contribution in [0.2, 0.25) is 0 Å². The molecule has 0 radical (unpaired) electrons. The Hall–Kier alpha value is -3.54. The molecule has 0 spiro atoms. The number of ketones is 1. The van der Waals surface area contributed by atoms with Gasteiger partial charge in [-0.05, 0) is 49.6 Å². The van der Waals surface area contributed by atoms with E-state index in [-0.39, 0.29) is 11.4 Å². The minimum atomic E-state index is -0.615. The van der Waals surface area contributed by atoms with Gasteiger partial charge in [-0.2, -0.15) is 0 Å². The highest BCUT2D eigenvalue weighted by Crippen LogP contribution is 2.38. The number of aromatic nitrogens is 1.